The summed E-state index contributed by atoms with van der Waals surface area (Å²) in [7, 11) is 0. The first-order valence-corrected chi connectivity index (χ1v) is 8.07. The van der Waals surface area contributed by atoms with E-state index in [4.69, 9.17) is 8.94 Å². The molecule has 5 rings (SSSR count). The second-order valence-electron chi connectivity index (χ2n) is 5.73. The molecule has 0 saturated carbocycles. The van der Waals surface area contributed by atoms with Gasteiger partial charge in [-0.2, -0.15) is 4.98 Å². The van der Waals surface area contributed by atoms with Crippen LogP contribution in [0.5, 0.6) is 0 Å². The maximum atomic E-state index is 5.84. The van der Waals surface area contributed by atoms with Crippen molar-refractivity contribution in [2.75, 3.05) is 0 Å². The molecule has 0 aliphatic heterocycles. The fourth-order valence-electron chi connectivity index (χ4n) is 2.72. The fourth-order valence-corrected chi connectivity index (χ4v) is 2.72. The zero-order valence-corrected chi connectivity index (χ0v) is 13.5. The largest absolute Gasteiger partial charge is 0.436 e. The van der Waals surface area contributed by atoms with Gasteiger partial charge in [-0.25, -0.2) is 4.98 Å². The van der Waals surface area contributed by atoms with Crippen molar-refractivity contribution in [3.05, 3.63) is 73.1 Å². The molecule has 0 unspecified atom stereocenters. The van der Waals surface area contributed by atoms with Crippen molar-refractivity contribution in [1.82, 2.24) is 20.1 Å². The second-order valence-corrected chi connectivity index (χ2v) is 5.73. The van der Waals surface area contributed by atoms with Crippen LogP contribution in [0, 0.1) is 0 Å². The number of pyridine rings is 1. The quantitative estimate of drug-likeness (QED) is 0.477. The number of oxazole rings is 1. The Kier molecular flexibility index (Phi) is 3.31. The highest BCUT2D eigenvalue weighted by atomic mass is 16.5. The lowest BCUT2D eigenvalue weighted by molar-refractivity contribution is 0.432. The van der Waals surface area contributed by atoms with Gasteiger partial charge >= 0.3 is 0 Å². The minimum Gasteiger partial charge on any atom is -0.436 e. The van der Waals surface area contributed by atoms with Crippen LogP contribution in [0.4, 0.5) is 0 Å². The van der Waals surface area contributed by atoms with Crippen molar-refractivity contribution in [2.24, 2.45) is 0 Å². The van der Waals surface area contributed by atoms with Crippen LogP contribution in [0.3, 0.4) is 0 Å². The summed E-state index contributed by atoms with van der Waals surface area (Å²) in [6, 6.07) is 19.1. The van der Waals surface area contributed by atoms with E-state index >= 15 is 0 Å². The predicted octanol–water partition coefficient (Wildman–Crippen LogP) is 4.61. The molecule has 26 heavy (non-hydrogen) atoms. The van der Waals surface area contributed by atoms with Gasteiger partial charge in [-0.15, -0.1) is 0 Å². The lowest BCUT2D eigenvalue weighted by Gasteiger charge is -1.93. The van der Waals surface area contributed by atoms with Crippen LogP contribution in [-0.2, 0) is 0 Å². The van der Waals surface area contributed by atoms with E-state index in [-0.39, 0.29) is 0 Å². The number of aromatic nitrogens is 4. The molecule has 124 valence electrons. The third-order valence-corrected chi connectivity index (χ3v) is 4.00. The molecule has 6 nitrogen and oxygen atoms in total. The van der Waals surface area contributed by atoms with Gasteiger partial charge in [0.05, 0.1) is 5.56 Å². The Morgan fingerprint density at radius 1 is 0.731 bits per heavy atom. The van der Waals surface area contributed by atoms with E-state index < -0.39 is 0 Å². The Bertz CT molecular complexity index is 1180. The number of fused-ring (bicyclic) bond motifs is 1. The molecule has 0 N–H and O–H groups in total. The molecule has 6 heteroatoms. The van der Waals surface area contributed by atoms with Crippen LogP contribution >= 0.6 is 0 Å². The maximum absolute atomic E-state index is 5.84. The van der Waals surface area contributed by atoms with Gasteiger partial charge in [-0.3, -0.25) is 4.98 Å². The Balaban J connectivity index is 1.53. The Morgan fingerprint density at radius 2 is 1.62 bits per heavy atom. The van der Waals surface area contributed by atoms with Crippen LogP contribution in [0.2, 0.25) is 0 Å². The molecule has 3 aromatic heterocycles. The molecule has 0 amide bonds. The molecular weight excluding hydrogens is 328 g/mol. The summed E-state index contributed by atoms with van der Waals surface area (Å²) < 4.78 is 11.2. The number of hydrogen-bond acceptors (Lipinski definition) is 6. The van der Waals surface area contributed by atoms with E-state index in [2.05, 4.69) is 20.1 Å². The van der Waals surface area contributed by atoms with E-state index in [0.29, 0.717) is 23.2 Å². The van der Waals surface area contributed by atoms with Crippen LogP contribution < -0.4 is 0 Å². The normalized spacial score (nSPS) is 11.1. The van der Waals surface area contributed by atoms with Gasteiger partial charge in [0.2, 0.25) is 11.7 Å². The topological polar surface area (TPSA) is 77.8 Å². The Morgan fingerprint density at radius 3 is 2.46 bits per heavy atom. The second kappa shape index (κ2) is 5.93. The van der Waals surface area contributed by atoms with Crippen molar-refractivity contribution >= 4 is 11.1 Å². The lowest BCUT2D eigenvalue weighted by atomic mass is 10.2. The molecule has 0 fully saturated rings. The third kappa shape index (κ3) is 2.53. The van der Waals surface area contributed by atoms with Crippen LogP contribution in [-0.4, -0.2) is 20.1 Å². The fraction of sp³-hybridized carbons (Fsp3) is 0. The summed E-state index contributed by atoms with van der Waals surface area (Å²) >= 11 is 0. The summed E-state index contributed by atoms with van der Waals surface area (Å²) in [4.78, 5) is 13.1. The minimum absolute atomic E-state index is 0.429. The lowest BCUT2D eigenvalue weighted by Crippen LogP contribution is -1.82. The van der Waals surface area contributed by atoms with Crippen LogP contribution in [0.15, 0.2) is 82.0 Å². The zero-order valence-electron chi connectivity index (χ0n) is 13.5. The van der Waals surface area contributed by atoms with Gasteiger partial charge in [0, 0.05) is 23.5 Å². The first-order chi connectivity index (χ1) is 12.9. The van der Waals surface area contributed by atoms with Crippen molar-refractivity contribution in [1.29, 1.82) is 0 Å². The summed E-state index contributed by atoms with van der Waals surface area (Å²) in [6.07, 6.45) is 3.38. The van der Waals surface area contributed by atoms with E-state index in [1.807, 2.05) is 60.7 Å². The first kappa shape index (κ1) is 14.5. The summed E-state index contributed by atoms with van der Waals surface area (Å²) in [6.45, 7) is 0. The summed E-state index contributed by atoms with van der Waals surface area (Å²) in [5.74, 6) is 1.51. The zero-order chi connectivity index (χ0) is 17.3. The molecule has 0 bridgehead atoms. The van der Waals surface area contributed by atoms with E-state index in [9.17, 15) is 0 Å². The van der Waals surface area contributed by atoms with E-state index in [0.717, 1.165) is 22.2 Å². The smallest absolute Gasteiger partial charge is 0.259 e. The number of nitrogens with zero attached hydrogens (tertiary/aromatic N) is 4. The monoisotopic (exact) mass is 340 g/mol. The molecule has 0 saturated heterocycles. The molecule has 0 radical (unpaired) electrons. The van der Waals surface area contributed by atoms with Gasteiger partial charge in [-0.05, 0) is 42.5 Å². The highest BCUT2D eigenvalue weighted by Gasteiger charge is 2.13. The average molecular weight is 340 g/mol. The number of rotatable bonds is 3. The van der Waals surface area contributed by atoms with Gasteiger partial charge in [-0.1, -0.05) is 23.4 Å². The van der Waals surface area contributed by atoms with E-state index in [1.54, 1.807) is 12.4 Å². The maximum Gasteiger partial charge on any atom is 0.259 e. The van der Waals surface area contributed by atoms with Gasteiger partial charge < -0.3 is 8.94 Å². The summed E-state index contributed by atoms with van der Waals surface area (Å²) in [5, 5.41) is 4.06. The first-order valence-electron chi connectivity index (χ1n) is 8.07. The van der Waals surface area contributed by atoms with Crippen LogP contribution in [0.25, 0.3) is 45.4 Å². The van der Waals surface area contributed by atoms with Crippen molar-refractivity contribution in [3.63, 3.8) is 0 Å². The minimum atomic E-state index is 0.429. The van der Waals surface area contributed by atoms with Crippen LogP contribution in [0.1, 0.15) is 0 Å². The van der Waals surface area contributed by atoms with Gasteiger partial charge in [0.25, 0.3) is 5.89 Å². The highest BCUT2D eigenvalue weighted by Crippen LogP contribution is 2.28. The Hall–Kier alpha value is -3.80. The number of benzene rings is 2. The molecule has 5 aromatic rings. The van der Waals surface area contributed by atoms with Crippen molar-refractivity contribution in [3.8, 4) is 34.3 Å². The number of hydrogen-bond donors (Lipinski definition) is 0. The molecule has 0 aliphatic carbocycles. The highest BCUT2D eigenvalue weighted by molar-refractivity contribution is 5.81. The van der Waals surface area contributed by atoms with Gasteiger partial charge in [0.15, 0.2) is 5.58 Å². The molecule has 3 heterocycles. The summed E-state index contributed by atoms with van der Waals surface area (Å²) in [5.41, 5.74) is 3.98. The van der Waals surface area contributed by atoms with E-state index in [1.165, 1.54) is 0 Å². The third-order valence-electron chi connectivity index (χ3n) is 4.00. The molecule has 0 atom stereocenters. The van der Waals surface area contributed by atoms with Crippen molar-refractivity contribution in [2.45, 2.75) is 0 Å². The standard InChI is InChI=1S/C20H12N4O2/c1-2-5-13(6-3-1)19-22-16-11-14(8-9-17(16)25-19)18-23-20(26-24-18)15-7-4-10-21-12-15/h1-12H. The predicted molar refractivity (Wildman–Crippen MR) is 96.0 cm³/mol. The molecule has 2 aromatic carbocycles. The molecule has 0 aliphatic rings. The SMILES string of the molecule is c1ccc(-c2nc3cc(-c4noc(-c5cccnc5)n4)ccc3o2)cc1. The molecule has 0 spiro atoms. The Labute approximate surface area is 148 Å². The van der Waals surface area contributed by atoms with Gasteiger partial charge in [0.1, 0.15) is 5.52 Å². The van der Waals surface area contributed by atoms with Crippen molar-refractivity contribution < 1.29 is 8.94 Å². The average Bonchev–Trinajstić information content (AvgIpc) is 3.36. The molecular formula is C20H12N4O2.